The average Bonchev–Trinajstić information content (AvgIpc) is 3.48. The lowest BCUT2D eigenvalue weighted by molar-refractivity contribution is -0.124. The van der Waals surface area contributed by atoms with E-state index in [1.165, 1.54) is 0 Å². The number of hydrogen-bond donors (Lipinski definition) is 2. The van der Waals surface area contributed by atoms with Crippen LogP contribution in [0, 0.1) is 23.2 Å². The molecule has 0 radical (unpaired) electrons. The van der Waals surface area contributed by atoms with Crippen molar-refractivity contribution in [1.29, 1.82) is 5.26 Å². The van der Waals surface area contributed by atoms with Crippen LogP contribution in [0.15, 0.2) is 67.3 Å². The zero-order valence-corrected chi connectivity index (χ0v) is 25.0. The van der Waals surface area contributed by atoms with Crippen LogP contribution in [0.5, 0.6) is 0 Å². The lowest BCUT2D eigenvalue weighted by Gasteiger charge is -2.33. The first-order chi connectivity index (χ1) is 21.0. The molecule has 0 aliphatic heterocycles. The molecule has 43 heavy (non-hydrogen) atoms. The molecule has 9 nitrogen and oxygen atoms in total. The van der Waals surface area contributed by atoms with E-state index in [1.54, 1.807) is 10.9 Å². The number of amides is 1. The molecule has 9 heteroatoms. The monoisotopic (exact) mass is 576 g/mol. The molecule has 3 aromatic heterocycles. The Bertz CT molecular complexity index is 1520. The number of nitrogens with zero attached hydrogens (tertiary/aromatic N) is 6. The SMILES string of the molecule is CCCCNc1nc(C[C@H]2CC[C@H](C(C(=O)NCc3ccccc3)c3ccc(-c4cnn(C)c4)cn3)CC2)ncc1C#N. The smallest absolute Gasteiger partial charge is 0.229 e. The Labute approximate surface area is 253 Å². The summed E-state index contributed by atoms with van der Waals surface area (Å²) in [5, 5.41) is 20.2. The van der Waals surface area contributed by atoms with E-state index in [0.717, 1.165) is 79.7 Å². The minimum absolute atomic E-state index is 0.0205. The molecule has 1 aromatic carbocycles. The molecule has 0 saturated heterocycles. The first kappa shape index (κ1) is 29.9. The number of aryl methyl sites for hydroxylation is 1. The molecule has 2 N–H and O–H groups in total. The van der Waals surface area contributed by atoms with Crippen molar-refractivity contribution in [2.45, 2.75) is 64.3 Å². The zero-order valence-electron chi connectivity index (χ0n) is 25.0. The predicted molar refractivity (Wildman–Crippen MR) is 167 cm³/mol. The summed E-state index contributed by atoms with van der Waals surface area (Å²) in [4.78, 5) is 27.7. The van der Waals surface area contributed by atoms with Crippen molar-refractivity contribution in [3.63, 3.8) is 0 Å². The van der Waals surface area contributed by atoms with Crippen LogP contribution in [0.1, 0.15) is 74.0 Å². The largest absolute Gasteiger partial charge is 0.369 e. The molecule has 1 fully saturated rings. The number of anilines is 1. The van der Waals surface area contributed by atoms with Crippen molar-refractivity contribution in [3.05, 3.63) is 89.9 Å². The van der Waals surface area contributed by atoms with Gasteiger partial charge in [0.05, 0.1) is 24.0 Å². The third-order valence-corrected chi connectivity index (χ3v) is 8.35. The van der Waals surface area contributed by atoms with Gasteiger partial charge < -0.3 is 10.6 Å². The van der Waals surface area contributed by atoms with Crippen LogP contribution in [0.3, 0.4) is 0 Å². The molecular weight excluding hydrogens is 536 g/mol. The fourth-order valence-electron chi connectivity index (χ4n) is 5.92. The summed E-state index contributed by atoms with van der Waals surface area (Å²) in [5.74, 6) is 1.72. The van der Waals surface area contributed by atoms with Crippen molar-refractivity contribution in [2.24, 2.45) is 18.9 Å². The van der Waals surface area contributed by atoms with Crippen LogP contribution in [-0.4, -0.2) is 37.2 Å². The number of carbonyl (C=O) groups excluding carboxylic acids is 1. The number of unbranched alkanes of at least 4 members (excludes halogenated alkanes) is 1. The second kappa shape index (κ2) is 14.5. The minimum atomic E-state index is -0.326. The molecule has 1 aliphatic carbocycles. The Balaban J connectivity index is 1.27. The third-order valence-electron chi connectivity index (χ3n) is 8.35. The molecule has 0 spiro atoms. The van der Waals surface area contributed by atoms with Crippen molar-refractivity contribution >= 4 is 11.7 Å². The number of carbonyl (C=O) groups is 1. The fraction of sp³-hybridized carbons (Fsp3) is 0.412. The van der Waals surface area contributed by atoms with Gasteiger partial charge in [0, 0.05) is 50.1 Å². The summed E-state index contributed by atoms with van der Waals surface area (Å²) in [6, 6.07) is 16.2. The second-order valence-corrected chi connectivity index (χ2v) is 11.5. The summed E-state index contributed by atoms with van der Waals surface area (Å²) >= 11 is 0. The molecule has 222 valence electrons. The van der Waals surface area contributed by atoms with Gasteiger partial charge in [-0.15, -0.1) is 0 Å². The lowest BCUT2D eigenvalue weighted by atomic mass is 9.73. The Morgan fingerprint density at radius 2 is 1.86 bits per heavy atom. The van der Waals surface area contributed by atoms with Crippen LogP contribution >= 0.6 is 0 Å². The molecule has 3 heterocycles. The van der Waals surface area contributed by atoms with Crippen LogP contribution in [0.4, 0.5) is 5.82 Å². The first-order valence-corrected chi connectivity index (χ1v) is 15.3. The van der Waals surface area contributed by atoms with Crippen LogP contribution in [0.2, 0.25) is 0 Å². The highest BCUT2D eigenvalue weighted by atomic mass is 16.1. The summed E-state index contributed by atoms with van der Waals surface area (Å²) in [6.07, 6.45) is 14.0. The summed E-state index contributed by atoms with van der Waals surface area (Å²) < 4.78 is 1.77. The average molecular weight is 577 g/mol. The molecule has 0 bridgehead atoms. The topological polar surface area (TPSA) is 121 Å². The summed E-state index contributed by atoms with van der Waals surface area (Å²) in [7, 11) is 1.89. The third kappa shape index (κ3) is 7.83. The van der Waals surface area contributed by atoms with E-state index in [1.807, 2.05) is 68.1 Å². The maximum atomic E-state index is 13.7. The van der Waals surface area contributed by atoms with E-state index in [-0.39, 0.29) is 17.7 Å². The number of hydrogen-bond acceptors (Lipinski definition) is 7. The quantitative estimate of drug-likeness (QED) is 0.204. The fourth-order valence-corrected chi connectivity index (χ4v) is 5.92. The Morgan fingerprint density at radius 3 is 2.53 bits per heavy atom. The zero-order chi connectivity index (χ0) is 30.0. The number of nitrogens with one attached hydrogen (secondary N) is 2. The number of pyridine rings is 1. The Hall–Kier alpha value is -4.58. The molecule has 1 unspecified atom stereocenters. The molecule has 1 amide bonds. The van der Waals surface area contributed by atoms with E-state index >= 15 is 0 Å². The highest BCUT2D eigenvalue weighted by Gasteiger charge is 2.34. The molecule has 4 aromatic rings. The highest BCUT2D eigenvalue weighted by Crippen LogP contribution is 2.39. The Morgan fingerprint density at radius 1 is 1.05 bits per heavy atom. The molecule has 1 saturated carbocycles. The van der Waals surface area contributed by atoms with Gasteiger partial charge in [-0.25, -0.2) is 9.97 Å². The highest BCUT2D eigenvalue weighted by molar-refractivity contribution is 5.83. The molecule has 1 atom stereocenters. The summed E-state index contributed by atoms with van der Waals surface area (Å²) in [5.41, 5.74) is 4.34. The standard InChI is InChI=1S/C34H40N8O/c1-3-4-16-36-33-28(18-35)21-38-31(41-33)17-24-10-12-26(13-11-24)32(34(43)39-19-25-8-6-5-7-9-25)30-15-14-27(20-37-30)29-22-40-42(2)23-29/h5-9,14-15,20-24,26,32H,3-4,10-13,16-17,19H2,1-2H3,(H,39,43)(H,36,38,41)/t24-,26-,32?. The normalized spacial score (nSPS) is 17.1. The van der Waals surface area contributed by atoms with Gasteiger partial charge in [0.1, 0.15) is 23.3 Å². The van der Waals surface area contributed by atoms with Crippen molar-refractivity contribution < 1.29 is 4.79 Å². The van der Waals surface area contributed by atoms with Crippen LogP contribution in [0.25, 0.3) is 11.1 Å². The van der Waals surface area contributed by atoms with E-state index in [2.05, 4.69) is 33.7 Å². The van der Waals surface area contributed by atoms with Gasteiger partial charge >= 0.3 is 0 Å². The van der Waals surface area contributed by atoms with Crippen LogP contribution < -0.4 is 10.6 Å². The maximum Gasteiger partial charge on any atom is 0.229 e. The molecular formula is C34H40N8O. The summed E-state index contributed by atoms with van der Waals surface area (Å²) in [6.45, 7) is 3.42. The van der Waals surface area contributed by atoms with E-state index in [9.17, 15) is 10.1 Å². The van der Waals surface area contributed by atoms with Gasteiger partial charge in [-0.3, -0.25) is 14.5 Å². The van der Waals surface area contributed by atoms with Gasteiger partial charge in [-0.2, -0.15) is 10.4 Å². The number of nitriles is 1. The van der Waals surface area contributed by atoms with E-state index < -0.39 is 0 Å². The van der Waals surface area contributed by atoms with Gasteiger partial charge in [0.2, 0.25) is 5.91 Å². The number of aromatic nitrogens is 5. The van der Waals surface area contributed by atoms with Gasteiger partial charge in [0.25, 0.3) is 0 Å². The van der Waals surface area contributed by atoms with Gasteiger partial charge in [-0.05, 0) is 55.6 Å². The van der Waals surface area contributed by atoms with Crippen molar-refractivity contribution in [3.8, 4) is 17.2 Å². The molecule has 5 rings (SSSR count). The molecule has 1 aliphatic rings. The van der Waals surface area contributed by atoms with Crippen LogP contribution in [-0.2, 0) is 24.8 Å². The van der Waals surface area contributed by atoms with E-state index in [0.29, 0.717) is 23.8 Å². The maximum absolute atomic E-state index is 13.7. The van der Waals surface area contributed by atoms with Crippen molar-refractivity contribution in [1.82, 2.24) is 30.0 Å². The van der Waals surface area contributed by atoms with E-state index in [4.69, 9.17) is 9.97 Å². The minimum Gasteiger partial charge on any atom is -0.369 e. The first-order valence-electron chi connectivity index (χ1n) is 15.3. The lowest BCUT2D eigenvalue weighted by Crippen LogP contribution is -2.35. The second-order valence-electron chi connectivity index (χ2n) is 11.5. The van der Waals surface area contributed by atoms with Gasteiger partial charge in [-0.1, -0.05) is 49.7 Å². The van der Waals surface area contributed by atoms with Crippen molar-refractivity contribution in [2.75, 3.05) is 11.9 Å². The van der Waals surface area contributed by atoms with Gasteiger partial charge in [0.15, 0.2) is 0 Å². The number of rotatable bonds is 12. The predicted octanol–water partition coefficient (Wildman–Crippen LogP) is 5.80. The Kier molecular flexibility index (Phi) is 10.1. The number of benzene rings is 1.